The molecular formula is C31H38FN3O5. The Balaban J connectivity index is 1.65. The van der Waals surface area contributed by atoms with Crippen molar-refractivity contribution in [1.82, 2.24) is 14.7 Å². The van der Waals surface area contributed by atoms with Crippen LogP contribution in [0.15, 0.2) is 54.6 Å². The molecule has 0 bridgehead atoms. The molecule has 8 nitrogen and oxygen atoms in total. The van der Waals surface area contributed by atoms with E-state index in [1.165, 1.54) is 17.7 Å². The van der Waals surface area contributed by atoms with E-state index in [-0.39, 0.29) is 36.4 Å². The Morgan fingerprint density at radius 1 is 1.05 bits per heavy atom. The molecule has 0 aliphatic carbocycles. The van der Waals surface area contributed by atoms with E-state index in [9.17, 15) is 24.2 Å². The highest BCUT2D eigenvalue weighted by Gasteiger charge is 2.32. The van der Waals surface area contributed by atoms with Gasteiger partial charge in [0.25, 0.3) is 5.91 Å². The zero-order valence-corrected chi connectivity index (χ0v) is 23.0. The second kappa shape index (κ2) is 13.2. The number of rotatable bonds is 11. The van der Waals surface area contributed by atoms with E-state index in [0.29, 0.717) is 30.9 Å². The maximum atomic E-state index is 14.0. The Kier molecular flexibility index (Phi) is 9.71. The quantitative estimate of drug-likeness (QED) is 0.319. The molecule has 1 amide bonds. The average molecular weight is 552 g/mol. The van der Waals surface area contributed by atoms with Crippen LogP contribution in [0.5, 0.6) is 0 Å². The fourth-order valence-corrected chi connectivity index (χ4v) is 5.59. The average Bonchev–Trinajstić information content (AvgIpc) is 3.32. The number of likely N-dealkylation sites (tertiary alicyclic amines) is 1. The molecular weight excluding hydrogens is 513 g/mol. The Morgan fingerprint density at radius 2 is 1.75 bits per heavy atom. The fraction of sp³-hybridized carbons (Fsp3) is 0.452. The van der Waals surface area contributed by atoms with E-state index in [1.807, 2.05) is 36.9 Å². The number of hydrogen-bond acceptors (Lipinski definition) is 5. The van der Waals surface area contributed by atoms with Crippen LogP contribution >= 0.6 is 0 Å². The minimum absolute atomic E-state index is 0.0624. The standard InChI is InChI=1S/C31H38FN3O5/c1-20(2)29-27(15-14-25(36)17-26(37)18-28(38)39)35(24-12-10-23(32)11-13-24)33-30(29)31(40)34-16-6-9-22(19-34)21-7-4-3-5-8-21/h3-5,7-8,10-13,20,22,25-26,36-37H,6,9,14-19H2,1-2H3,(H,38,39)/t22?,25-,26-/m1/s1. The van der Waals surface area contributed by atoms with Crippen molar-refractivity contribution in [1.29, 1.82) is 0 Å². The minimum atomic E-state index is -1.16. The van der Waals surface area contributed by atoms with Crippen LogP contribution in [-0.4, -0.2) is 67.2 Å². The van der Waals surface area contributed by atoms with Gasteiger partial charge >= 0.3 is 5.97 Å². The summed E-state index contributed by atoms with van der Waals surface area (Å²) in [6.45, 7) is 5.21. The molecule has 9 heteroatoms. The SMILES string of the molecule is CC(C)c1c(C(=O)N2CCCC(c3ccccc3)C2)nn(-c2ccc(F)cc2)c1CC[C@@H](O)C[C@@H](O)CC(=O)O. The topological polar surface area (TPSA) is 116 Å². The highest BCUT2D eigenvalue weighted by atomic mass is 19.1. The molecule has 1 saturated heterocycles. The Bertz CT molecular complexity index is 1290. The van der Waals surface area contributed by atoms with Gasteiger partial charge in [0.2, 0.25) is 0 Å². The maximum absolute atomic E-state index is 14.0. The largest absolute Gasteiger partial charge is 0.481 e. The molecule has 1 unspecified atom stereocenters. The summed E-state index contributed by atoms with van der Waals surface area (Å²) in [6, 6.07) is 16.1. The number of carbonyl (C=O) groups excluding carboxylic acids is 1. The predicted molar refractivity (Wildman–Crippen MR) is 149 cm³/mol. The van der Waals surface area contributed by atoms with E-state index >= 15 is 0 Å². The summed E-state index contributed by atoms with van der Waals surface area (Å²) in [5.74, 6) is -1.49. The van der Waals surface area contributed by atoms with E-state index in [1.54, 1.807) is 16.8 Å². The minimum Gasteiger partial charge on any atom is -0.481 e. The number of hydrogen-bond donors (Lipinski definition) is 3. The van der Waals surface area contributed by atoms with Gasteiger partial charge in [0.15, 0.2) is 5.69 Å². The highest BCUT2D eigenvalue weighted by Crippen LogP contribution is 2.32. The molecule has 1 aromatic heterocycles. The van der Waals surface area contributed by atoms with E-state index < -0.39 is 24.6 Å². The molecule has 1 fully saturated rings. The van der Waals surface area contributed by atoms with Gasteiger partial charge in [0, 0.05) is 30.3 Å². The van der Waals surface area contributed by atoms with Crippen LogP contribution in [0.4, 0.5) is 4.39 Å². The number of nitrogens with zero attached hydrogens (tertiary/aromatic N) is 3. The number of piperidine rings is 1. The van der Waals surface area contributed by atoms with E-state index in [4.69, 9.17) is 10.2 Å². The molecule has 1 aliphatic rings. The zero-order chi connectivity index (χ0) is 28.8. The molecule has 3 atom stereocenters. The summed E-state index contributed by atoms with van der Waals surface area (Å²) in [5.41, 5.74) is 3.66. The third-order valence-corrected chi connectivity index (χ3v) is 7.52. The Hall–Kier alpha value is -3.56. The first-order chi connectivity index (χ1) is 19.1. The van der Waals surface area contributed by atoms with Crippen LogP contribution in [0, 0.1) is 5.82 Å². The molecule has 4 rings (SSSR count). The number of halogens is 1. The van der Waals surface area contributed by atoms with Crippen molar-refractivity contribution in [3.05, 3.63) is 82.9 Å². The molecule has 0 saturated carbocycles. The maximum Gasteiger partial charge on any atom is 0.305 e. The van der Waals surface area contributed by atoms with Gasteiger partial charge in [-0.25, -0.2) is 9.07 Å². The smallest absolute Gasteiger partial charge is 0.305 e. The number of carboxylic acid groups (broad SMARTS) is 1. The van der Waals surface area contributed by atoms with Gasteiger partial charge < -0.3 is 20.2 Å². The van der Waals surface area contributed by atoms with Crippen LogP contribution in [0.25, 0.3) is 5.69 Å². The number of benzene rings is 2. The summed E-state index contributed by atoms with van der Waals surface area (Å²) < 4.78 is 15.4. The van der Waals surface area contributed by atoms with Crippen LogP contribution in [0.3, 0.4) is 0 Å². The Morgan fingerprint density at radius 3 is 2.40 bits per heavy atom. The highest BCUT2D eigenvalue weighted by molar-refractivity contribution is 5.94. The number of carboxylic acids is 1. The fourth-order valence-electron chi connectivity index (χ4n) is 5.59. The Labute approximate surface area is 234 Å². The lowest BCUT2D eigenvalue weighted by Crippen LogP contribution is -2.39. The van der Waals surface area contributed by atoms with Crippen LogP contribution in [0.1, 0.15) is 85.1 Å². The molecule has 0 radical (unpaired) electrons. The van der Waals surface area contributed by atoms with Crippen molar-refractivity contribution in [2.24, 2.45) is 0 Å². The number of aliphatic hydroxyl groups is 2. The summed E-state index contributed by atoms with van der Waals surface area (Å²) in [5, 5.41) is 34.2. The third kappa shape index (κ3) is 7.14. The van der Waals surface area contributed by atoms with Gasteiger partial charge in [-0.15, -0.1) is 0 Å². The van der Waals surface area contributed by atoms with Crippen molar-refractivity contribution in [3.63, 3.8) is 0 Å². The first kappa shape index (κ1) is 29.4. The monoisotopic (exact) mass is 551 g/mol. The van der Waals surface area contributed by atoms with Crippen LogP contribution in [-0.2, 0) is 11.2 Å². The molecule has 1 aliphatic heterocycles. The summed E-state index contributed by atoms with van der Waals surface area (Å²) in [7, 11) is 0. The summed E-state index contributed by atoms with van der Waals surface area (Å²) in [6.07, 6.45) is -0.166. The molecule has 3 N–H and O–H groups in total. The van der Waals surface area contributed by atoms with Crippen LogP contribution < -0.4 is 0 Å². The lowest BCUT2D eigenvalue weighted by Gasteiger charge is -2.33. The van der Waals surface area contributed by atoms with Gasteiger partial charge in [0.05, 0.1) is 24.3 Å². The molecule has 0 spiro atoms. The third-order valence-electron chi connectivity index (χ3n) is 7.52. The molecule has 40 heavy (non-hydrogen) atoms. The summed E-state index contributed by atoms with van der Waals surface area (Å²) in [4.78, 5) is 26.8. The van der Waals surface area contributed by atoms with Gasteiger partial charge in [-0.3, -0.25) is 9.59 Å². The molecule has 214 valence electrons. The number of aliphatic hydroxyl groups excluding tert-OH is 2. The van der Waals surface area contributed by atoms with Crippen molar-refractivity contribution >= 4 is 11.9 Å². The molecule has 3 aromatic rings. The van der Waals surface area contributed by atoms with Crippen LogP contribution in [0.2, 0.25) is 0 Å². The molecule has 2 heterocycles. The second-order valence-electron chi connectivity index (χ2n) is 10.9. The van der Waals surface area contributed by atoms with Gasteiger partial charge in [-0.05, 0) is 67.9 Å². The normalized spacial score (nSPS) is 17.1. The summed E-state index contributed by atoms with van der Waals surface area (Å²) >= 11 is 0. The van der Waals surface area contributed by atoms with Crippen molar-refractivity contribution in [3.8, 4) is 5.69 Å². The first-order valence-corrected chi connectivity index (χ1v) is 13.9. The van der Waals surface area contributed by atoms with Crippen molar-refractivity contribution < 1.29 is 29.3 Å². The predicted octanol–water partition coefficient (Wildman–Crippen LogP) is 4.67. The van der Waals surface area contributed by atoms with Gasteiger partial charge in [-0.2, -0.15) is 5.10 Å². The van der Waals surface area contributed by atoms with E-state index in [0.717, 1.165) is 24.1 Å². The number of amides is 1. The zero-order valence-electron chi connectivity index (χ0n) is 23.0. The second-order valence-corrected chi connectivity index (χ2v) is 10.9. The number of aromatic nitrogens is 2. The van der Waals surface area contributed by atoms with E-state index in [2.05, 4.69) is 12.1 Å². The number of aliphatic carboxylic acids is 1. The molecule has 2 aromatic carbocycles. The van der Waals surface area contributed by atoms with Gasteiger partial charge in [0.1, 0.15) is 5.82 Å². The lowest BCUT2D eigenvalue weighted by atomic mass is 9.90. The first-order valence-electron chi connectivity index (χ1n) is 13.9. The van der Waals surface area contributed by atoms with Crippen molar-refractivity contribution in [2.45, 2.75) is 76.4 Å². The number of carbonyl (C=O) groups is 2. The lowest BCUT2D eigenvalue weighted by molar-refractivity contribution is -0.139. The van der Waals surface area contributed by atoms with Crippen molar-refractivity contribution in [2.75, 3.05) is 13.1 Å². The van der Waals surface area contributed by atoms with Gasteiger partial charge in [-0.1, -0.05) is 44.2 Å².